The minimum Gasteiger partial charge on any atom is -0.308 e. The van der Waals surface area contributed by atoms with Crippen molar-refractivity contribution in [2.75, 3.05) is 4.90 Å². The Bertz CT molecular complexity index is 3400. The Morgan fingerprint density at radius 2 is 0.773 bits per heavy atom. The maximum Gasteiger partial charge on any atom is 0.268 e. The third-order valence-corrected chi connectivity index (χ3v) is 13.4. The highest BCUT2D eigenvalue weighted by Crippen LogP contribution is 2.47. The number of aromatic nitrogens is 1. The number of anilines is 1. The normalized spacial score (nSPS) is 12.4. The molecule has 0 spiro atoms. The van der Waals surface area contributed by atoms with Crippen molar-refractivity contribution in [1.82, 2.24) is 4.57 Å². The van der Waals surface area contributed by atoms with Crippen molar-refractivity contribution >= 4 is 39.3 Å². The van der Waals surface area contributed by atoms with E-state index in [0.29, 0.717) is 22.5 Å². The molecule has 2 heterocycles. The molecule has 0 saturated carbocycles. The fourth-order valence-corrected chi connectivity index (χ4v) is 10.9. The highest BCUT2D eigenvalue weighted by Gasteiger charge is 2.42. The number of imide groups is 1. The van der Waals surface area contributed by atoms with Gasteiger partial charge in [0.15, 0.2) is 0 Å². The summed E-state index contributed by atoms with van der Waals surface area (Å²) in [5.41, 5.74) is 21.2. The van der Waals surface area contributed by atoms with Gasteiger partial charge in [-0.2, -0.15) is 0 Å². The molecule has 4 nitrogen and oxygen atoms in total. The van der Waals surface area contributed by atoms with E-state index in [0.717, 1.165) is 66.3 Å². The van der Waals surface area contributed by atoms with Crippen LogP contribution in [0.3, 0.4) is 0 Å². The number of benzene rings is 9. The molecule has 4 heteroatoms. The van der Waals surface area contributed by atoms with E-state index in [1.54, 1.807) is 0 Å². The van der Waals surface area contributed by atoms with Gasteiger partial charge in [-0.05, 0) is 145 Å². The van der Waals surface area contributed by atoms with Crippen LogP contribution < -0.4 is 4.90 Å². The number of hydrogen-bond donors (Lipinski definition) is 0. The number of carbonyl (C=O) groups excluding carboxylic acids is 2. The number of fused-ring (bicyclic) bond motifs is 4. The second-order valence-electron chi connectivity index (χ2n) is 18.0. The van der Waals surface area contributed by atoms with Crippen LogP contribution in [-0.4, -0.2) is 16.4 Å². The van der Waals surface area contributed by atoms with E-state index in [1.807, 2.05) is 97.1 Å². The number of carbonyl (C=O) groups is 2. The average Bonchev–Trinajstić information content (AvgIpc) is 3.77. The van der Waals surface area contributed by atoms with Crippen molar-refractivity contribution in [3.63, 3.8) is 0 Å². The zero-order chi connectivity index (χ0) is 45.4. The molecule has 0 atom stereocenters. The van der Waals surface area contributed by atoms with Gasteiger partial charge in [-0.3, -0.25) is 9.59 Å². The second kappa shape index (κ2) is 15.9. The lowest BCUT2D eigenvalue weighted by Gasteiger charge is -2.24. The number of nitrogens with zero attached hydrogens (tertiary/aromatic N) is 2. The van der Waals surface area contributed by atoms with Crippen LogP contribution in [0.15, 0.2) is 182 Å². The zero-order valence-electron chi connectivity index (χ0n) is 38.0. The molecule has 0 N–H and O–H groups in total. The minimum absolute atomic E-state index is 0.349. The molecule has 9 aromatic carbocycles. The molecule has 0 radical (unpaired) electrons. The molecule has 11 rings (SSSR count). The van der Waals surface area contributed by atoms with Gasteiger partial charge < -0.3 is 4.57 Å². The molecule has 0 bridgehead atoms. The summed E-state index contributed by atoms with van der Waals surface area (Å²) in [6.07, 6.45) is 0. The molecule has 318 valence electrons. The van der Waals surface area contributed by atoms with Gasteiger partial charge in [0.25, 0.3) is 11.8 Å². The summed E-state index contributed by atoms with van der Waals surface area (Å²) in [6.45, 7) is 13.0. The van der Waals surface area contributed by atoms with E-state index in [4.69, 9.17) is 0 Å². The fourth-order valence-electron chi connectivity index (χ4n) is 10.9. The van der Waals surface area contributed by atoms with Gasteiger partial charge >= 0.3 is 0 Å². The summed E-state index contributed by atoms with van der Waals surface area (Å²) < 4.78 is 2.23. The van der Waals surface area contributed by atoms with Crippen molar-refractivity contribution in [2.24, 2.45) is 0 Å². The summed E-state index contributed by atoms with van der Waals surface area (Å²) >= 11 is 0. The Labute approximate surface area is 386 Å². The zero-order valence-corrected chi connectivity index (χ0v) is 38.0. The third-order valence-electron chi connectivity index (χ3n) is 13.4. The van der Waals surface area contributed by atoms with Gasteiger partial charge in [-0.25, -0.2) is 4.90 Å². The Kier molecular flexibility index (Phi) is 9.78. The van der Waals surface area contributed by atoms with Crippen LogP contribution in [0, 0.1) is 41.5 Å². The number of hydrogen-bond acceptors (Lipinski definition) is 2. The van der Waals surface area contributed by atoms with Crippen LogP contribution in [0.25, 0.3) is 83.1 Å². The predicted octanol–water partition coefficient (Wildman–Crippen LogP) is 15.8. The molecule has 66 heavy (non-hydrogen) atoms. The van der Waals surface area contributed by atoms with Crippen molar-refractivity contribution in [1.29, 1.82) is 0 Å². The van der Waals surface area contributed by atoms with Gasteiger partial charge in [-0.15, -0.1) is 0 Å². The second-order valence-corrected chi connectivity index (χ2v) is 18.0. The Morgan fingerprint density at radius 1 is 0.333 bits per heavy atom. The van der Waals surface area contributed by atoms with Crippen LogP contribution in [0.1, 0.15) is 54.1 Å². The molecule has 0 saturated heterocycles. The Morgan fingerprint density at radius 3 is 1.23 bits per heavy atom. The SMILES string of the molecule is Cc1cc(C)c(-c2ccc3c4ccc(-c5c(C)cc(C)cc5C)cc4n(-c4cccc5c4C(=O)N(c4c(-c6ccccc6)cc(-c6ccccc6)cc4-c4ccccc4)C5=O)c3c2)c(C)c1. The monoisotopic (exact) mass is 852 g/mol. The van der Waals surface area contributed by atoms with Gasteiger partial charge in [0.2, 0.25) is 0 Å². The maximum absolute atomic E-state index is 15.8. The molecule has 0 aliphatic carbocycles. The topological polar surface area (TPSA) is 42.3 Å². The minimum atomic E-state index is -0.356. The lowest BCUT2D eigenvalue weighted by atomic mass is 9.90. The first-order valence-corrected chi connectivity index (χ1v) is 22.7. The molecular weight excluding hydrogens is 805 g/mol. The van der Waals surface area contributed by atoms with E-state index in [2.05, 4.69) is 131 Å². The molecule has 10 aromatic rings. The molecule has 0 fully saturated rings. The van der Waals surface area contributed by atoms with Crippen LogP contribution in [-0.2, 0) is 0 Å². The number of rotatable bonds is 7. The van der Waals surface area contributed by atoms with E-state index in [-0.39, 0.29) is 11.8 Å². The standard InChI is InChI=1S/C62H48N2O2/c1-37-29-39(3)57(40(4)30-37)46-25-27-49-50-28-26-47(58-41(5)31-38(2)32-42(58)6)36-56(50)63(55(49)35-46)54-24-16-23-51-59(54)62(66)64(61(51)65)60-52(44-19-12-8-13-20-44)33-48(43-17-10-7-11-18-43)34-53(60)45-21-14-9-15-22-45/h7-36H,1-6H3. The summed E-state index contributed by atoms with van der Waals surface area (Å²) in [6, 6.07) is 62.8. The Balaban J connectivity index is 1.19. The van der Waals surface area contributed by atoms with E-state index >= 15 is 9.59 Å². The summed E-state index contributed by atoms with van der Waals surface area (Å²) in [5.74, 6) is -0.706. The van der Waals surface area contributed by atoms with Gasteiger partial charge in [0.05, 0.1) is 33.5 Å². The van der Waals surface area contributed by atoms with Crippen molar-refractivity contribution in [3.8, 4) is 61.3 Å². The van der Waals surface area contributed by atoms with Crippen LogP contribution in [0.5, 0.6) is 0 Å². The molecule has 1 aliphatic rings. The van der Waals surface area contributed by atoms with Gasteiger partial charge in [0, 0.05) is 21.9 Å². The van der Waals surface area contributed by atoms with E-state index in [1.165, 1.54) is 49.4 Å². The van der Waals surface area contributed by atoms with Crippen LogP contribution in [0.4, 0.5) is 5.69 Å². The van der Waals surface area contributed by atoms with E-state index < -0.39 is 0 Å². The lowest BCUT2D eigenvalue weighted by molar-refractivity contribution is 0.0926. The van der Waals surface area contributed by atoms with Crippen molar-refractivity contribution in [3.05, 3.63) is 226 Å². The molecule has 1 aromatic heterocycles. The molecule has 1 aliphatic heterocycles. The lowest BCUT2D eigenvalue weighted by Crippen LogP contribution is -2.30. The third kappa shape index (κ3) is 6.60. The molecular formula is C62H48N2O2. The fraction of sp³-hybridized carbons (Fsp3) is 0.0968. The first kappa shape index (κ1) is 40.7. The smallest absolute Gasteiger partial charge is 0.268 e. The summed E-state index contributed by atoms with van der Waals surface area (Å²) in [5, 5.41) is 2.14. The van der Waals surface area contributed by atoms with Crippen LogP contribution >= 0.6 is 0 Å². The maximum atomic E-state index is 15.8. The average molecular weight is 853 g/mol. The highest BCUT2D eigenvalue weighted by atomic mass is 16.2. The quantitative estimate of drug-likeness (QED) is 0.150. The number of amides is 2. The van der Waals surface area contributed by atoms with Gasteiger partial charge in [0.1, 0.15) is 0 Å². The summed E-state index contributed by atoms with van der Waals surface area (Å²) in [7, 11) is 0. The van der Waals surface area contributed by atoms with Crippen molar-refractivity contribution < 1.29 is 9.59 Å². The predicted molar refractivity (Wildman–Crippen MR) is 274 cm³/mol. The highest BCUT2D eigenvalue weighted by molar-refractivity contribution is 6.37. The van der Waals surface area contributed by atoms with Crippen molar-refractivity contribution in [2.45, 2.75) is 41.5 Å². The number of aryl methyl sites for hydroxylation is 6. The van der Waals surface area contributed by atoms with Crippen LogP contribution in [0.2, 0.25) is 0 Å². The summed E-state index contributed by atoms with van der Waals surface area (Å²) in [4.78, 5) is 32.6. The first-order chi connectivity index (χ1) is 32.0. The largest absolute Gasteiger partial charge is 0.308 e. The molecule has 2 amide bonds. The van der Waals surface area contributed by atoms with E-state index in [9.17, 15) is 0 Å². The molecule has 0 unspecified atom stereocenters. The van der Waals surface area contributed by atoms with Gasteiger partial charge in [-0.1, -0.05) is 157 Å². The first-order valence-electron chi connectivity index (χ1n) is 22.7. The Hall–Kier alpha value is -8.08.